The highest BCUT2D eigenvalue weighted by atomic mass is 14.9. The molecule has 0 spiro atoms. The molecule has 5 aromatic rings. The molecule has 0 fully saturated rings. The van der Waals surface area contributed by atoms with Crippen LogP contribution in [0.4, 0.5) is 0 Å². The quantitative estimate of drug-likeness (QED) is 0.197. The normalized spacial score (nSPS) is 19.4. The molecule has 3 aliphatic carbocycles. The average Bonchev–Trinajstić information content (AvgIpc) is 3.16. The first kappa shape index (κ1) is 21.5. The minimum Gasteiger partial charge on any atom is -0.308 e. The summed E-state index contributed by atoms with van der Waals surface area (Å²) >= 11 is 0. The molecular formula is C35H39N. The molecule has 2 aromatic heterocycles. The summed E-state index contributed by atoms with van der Waals surface area (Å²) in [6, 6.07) is 13.0. The first-order valence-electron chi connectivity index (χ1n) is 15.2. The highest BCUT2D eigenvalue weighted by Gasteiger charge is 2.26. The number of rotatable bonds is 0. The van der Waals surface area contributed by atoms with E-state index in [2.05, 4.69) is 34.7 Å². The van der Waals surface area contributed by atoms with Crippen molar-refractivity contribution in [1.29, 1.82) is 0 Å². The number of hydrogen-bond donors (Lipinski definition) is 0. The largest absolute Gasteiger partial charge is 0.308 e. The van der Waals surface area contributed by atoms with Crippen molar-refractivity contribution < 1.29 is 0 Å². The summed E-state index contributed by atoms with van der Waals surface area (Å²) in [6.45, 7) is 0. The minimum atomic E-state index is 1.25. The van der Waals surface area contributed by atoms with E-state index in [1.54, 1.807) is 55.2 Å². The Hall–Kier alpha value is -2.54. The standard InChI is InChI=1S/C35H39N/c1-2-6-13-24-20-31-32(22-25(24)14-7-3-1)36-34-28-17-11-4-8-12-23(28)18-19-29(34)30-21-26-15-9-5-10-16-27(26)33(31)35(30)36/h18-22H,1-17H2. The first-order valence-corrected chi connectivity index (χ1v) is 15.2. The Kier molecular flexibility index (Phi) is 5.09. The number of hydrogen-bond acceptors (Lipinski definition) is 0. The third-order valence-corrected chi connectivity index (χ3v) is 10.1. The molecule has 1 heteroatoms. The number of fused-ring (bicyclic) bond motifs is 11. The van der Waals surface area contributed by atoms with Gasteiger partial charge in [-0.3, -0.25) is 0 Å². The number of aromatic nitrogens is 1. The van der Waals surface area contributed by atoms with E-state index in [1.165, 1.54) is 125 Å². The SMILES string of the molecule is c1cc2c3cc4c(c5c6cc7c(cc6n(c2c2c1CCCCC2)c35)CCCCCCC7)CCCCC4. The lowest BCUT2D eigenvalue weighted by molar-refractivity contribution is 0.629. The van der Waals surface area contributed by atoms with Gasteiger partial charge in [0.1, 0.15) is 0 Å². The predicted molar refractivity (Wildman–Crippen MR) is 154 cm³/mol. The van der Waals surface area contributed by atoms with Gasteiger partial charge in [0.2, 0.25) is 0 Å². The Morgan fingerprint density at radius 2 is 1.00 bits per heavy atom. The second-order valence-corrected chi connectivity index (χ2v) is 12.2. The van der Waals surface area contributed by atoms with Crippen LogP contribution in [0.5, 0.6) is 0 Å². The summed E-state index contributed by atoms with van der Waals surface area (Å²) in [4.78, 5) is 0. The van der Waals surface area contributed by atoms with Gasteiger partial charge in [-0.15, -0.1) is 0 Å². The van der Waals surface area contributed by atoms with Crippen LogP contribution in [-0.2, 0) is 38.5 Å². The van der Waals surface area contributed by atoms with E-state index < -0.39 is 0 Å². The fraction of sp³-hybridized carbons (Fsp3) is 0.486. The molecule has 0 unspecified atom stereocenters. The lowest BCUT2D eigenvalue weighted by Crippen LogP contribution is -1.97. The van der Waals surface area contributed by atoms with Crippen molar-refractivity contribution in [3.8, 4) is 0 Å². The van der Waals surface area contributed by atoms with Crippen molar-refractivity contribution in [2.45, 2.75) is 109 Å². The summed E-state index contributed by atoms with van der Waals surface area (Å²) in [5.41, 5.74) is 14.6. The topological polar surface area (TPSA) is 4.41 Å². The van der Waals surface area contributed by atoms with Crippen LogP contribution in [0, 0.1) is 0 Å². The van der Waals surface area contributed by atoms with Crippen molar-refractivity contribution in [3.63, 3.8) is 0 Å². The van der Waals surface area contributed by atoms with Crippen molar-refractivity contribution in [2.75, 3.05) is 0 Å². The van der Waals surface area contributed by atoms with Crippen LogP contribution < -0.4 is 0 Å². The molecule has 2 heterocycles. The van der Waals surface area contributed by atoms with E-state index in [9.17, 15) is 0 Å². The Morgan fingerprint density at radius 3 is 1.81 bits per heavy atom. The zero-order chi connectivity index (χ0) is 23.6. The zero-order valence-electron chi connectivity index (χ0n) is 21.9. The molecule has 0 radical (unpaired) electrons. The molecule has 0 aliphatic heterocycles. The molecule has 0 saturated heterocycles. The second-order valence-electron chi connectivity index (χ2n) is 12.2. The van der Waals surface area contributed by atoms with Gasteiger partial charge >= 0.3 is 0 Å². The molecule has 184 valence electrons. The van der Waals surface area contributed by atoms with Gasteiger partial charge in [-0.05, 0) is 129 Å². The molecular weight excluding hydrogens is 434 g/mol. The van der Waals surface area contributed by atoms with E-state index in [1.807, 2.05) is 0 Å². The molecule has 1 nitrogen and oxygen atoms in total. The van der Waals surface area contributed by atoms with Crippen LogP contribution in [0.15, 0.2) is 30.3 Å². The summed E-state index contributed by atoms with van der Waals surface area (Å²) < 4.78 is 2.78. The highest BCUT2D eigenvalue weighted by molar-refractivity contribution is 6.25. The van der Waals surface area contributed by atoms with Gasteiger partial charge in [-0.2, -0.15) is 0 Å². The summed E-state index contributed by atoms with van der Waals surface area (Å²) in [5.74, 6) is 0. The van der Waals surface area contributed by atoms with E-state index >= 15 is 0 Å². The maximum absolute atomic E-state index is 2.78. The fourth-order valence-corrected chi connectivity index (χ4v) is 8.30. The summed E-state index contributed by atoms with van der Waals surface area (Å²) in [7, 11) is 0. The van der Waals surface area contributed by atoms with Crippen LogP contribution in [-0.4, -0.2) is 4.40 Å². The molecule has 0 amide bonds. The second kappa shape index (κ2) is 8.51. The number of aryl methyl sites for hydroxylation is 6. The monoisotopic (exact) mass is 473 g/mol. The Bertz CT molecular complexity index is 1610. The lowest BCUT2D eigenvalue weighted by atomic mass is 9.91. The van der Waals surface area contributed by atoms with Gasteiger partial charge in [0, 0.05) is 21.5 Å². The molecule has 3 aromatic carbocycles. The fourth-order valence-electron chi connectivity index (χ4n) is 8.30. The third kappa shape index (κ3) is 3.14. The molecule has 36 heavy (non-hydrogen) atoms. The van der Waals surface area contributed by atoms with E-state index in [0.717, 1.165) is 0 Å². The minimum absolute atomic E-state index is 1.25. The van der Waals surface area contributed by atoms with Gasteiger partial charge in [0.25, 0.3) is 0 Å². The molecule has 0 bridgehead atoms. The van der Waals surface area contributed by atoms with Gasteiger partial charge in [-0.25, -0.2) is 0 Å². The summed E-state index contributed by atoms with van der Waals surface area (Å²) in [5, 5.41) is 6.25. The van der Waals surface area contributed by atoms with E-state index in [4.69, 9.17) is 0 Å². The van der Waals surface area contributed by atoms with Crippen molar-refractivity contribution in [1.82, 2.24) is 4.40 Å². The van der Waals surface area contributed by atoms with Crippen molar-refractivity contribution in [2.24, 2.45) is 0 Å². The van der Waals surface area contributed by atoms with E-state index in [-0.39, 0.29) is 0 Å². The number of benzene rings is 3. The Morgan fingerprint density at radius 1 is 0.417 bits per heavy atom. The first-order chi connectivity index (χ1) is 17.9. The summed E-state index contributed by atoms with van der Waals surface area (Å²) in [6.07, 6.45) is 22.6. The van der Waals surface area contributed by atoms with Crippen LogP contribution in [0.2, 0.25) is 0 Å². The molecule has 8 rings (SSSR count). The van der Waals surface area contributed by atoms with Gasteiger partial charge in [0.05, 0.1) is 16.6 Å². The zero-order valence-corrected chi connectivity index (χ0v) is 21.9. The molecule has 0 N–H and O–H groups in total. The molecule has 0 saturated carbocycles. The Balaban J connectivity index is 1.55. The smallest absolute Gasteiger partial charge is 0.0623 e. The van der Waals surface area contributed by atoms with Crippen LogP contribution in [0.1, 0.15) is 104 Å². The van der Waals surface area contributed by atoms with Crippen molar-refractivity contribution >= 4 is 38.1 Å². The van der Waals surface area contributed by atoms with Gasteiger partial charge < -0.3 is 4.40 Å². The highest BCUT2D eigenvalue weighted by Crippen LogP contribution is 2.46. The third-order valence-electron chi connectivity index (χ3n) is 10.1. The number of nitrogens with zero attached hydrogens (tertiary/aromatic N) is 1. The van der Waals surface area contributed by atoms with Crippen LogP contribution >= 0.6 is 0 Å². The lowest BCUT2D eigenvalue weighted by Gasteiger charge is -2.13. The predicted octanol–water partition coefficient (Wildman–Crippen LogP) is 9.42. The van der Waals surface area contributed by atoms with Crippen molar-refractivity contribution in [3.05, 3.63) is 63.7 Å². The average molecular weight is 474 g/mol. The Labute approximate surface area is 215 Å². The van der Waals surface area contributed by atoms with Crippen LogP contribution in [0.25, 0.3) is 38.1 Å². The maximum Gasteiger partial charge on any atom is 0.0623 e. The van der Waals surface area contributed by atoms with Gasteiger partial charge in [-0.1, -0.05) is 44.2 Å². The van der Waals surface area contributed by atoms with Crippen LogP contribution in [0.3, 0.4) is 0 Å². The molecule has 0 atom stereocenters. The van der Waals surface area contributed by atoms with E-state index in [0.29, 0.717) is 0 Å². The van der Waals surface area contributed by atoms with Gasteiger partial charge in [0.15, 0.2) is 0 Å². The maximum atomic E-state index is 2.78. The molecule has 3 aliphatic rings.